The summed E-state index contributed by atoms with van der Waals surface area (Å²) in [4.78, 5) is 13.4. The third kappa shape index (κ3) is 1.69. The van der Waals surface area contributed by atoms with Gasteiger partial charge < -0.3 is 4.42 Å². The lowest BCUT2D eigenvalue weighted by atomic mass is 10.1. The molecular formula is C13H11N3O2. The van der Waals surface area contributed by atoms with E-state index >= 15 is 0 Å². The molecule has 0 aliphatic heterocycles. The molecule has 3 aromatic rings. The summed E-state index contributed by atoms with van der Waals surface area (Å²) in [5, 5.41) is 8.67. The summed E-state index contributed by atoms with van der Waals surface area (Å²) in [6.45, 7) is 1.94. The van der Waals surface area contributed by atoms with Gasteiger partial charge in [0, 0.05) is 13.1 Å². The zero-order chi connectivity index (χ0) is 12.7. The van der Waals surface area contributed by atoms with Crippen molar-refractivity contribution in [3.05, 3.63) is 46.2 Å². The summed E-state index contributed by atoms with van der Waals surface area (Å²) in [5.74, 6) is 0.435. The Balaban J connectivity index is 2.28. The fraction of sp³-hybridized carbons (Fsp3) is 0.154. The Bertz CT molecular complexity index is 786. The largest absolute Gasteiger partial charge is 0.454 e. The molecule has 2 aromatic heterocycles. The fourth-order valence-electron chi connectivity index (χ4n) is 1.86. The molecule has 90 valence electrons. The van der Waals surface area contributed by atoms with Crippen molar-refractivity contribution in [1.29, 1.82) is 0 Å². The van der Waals surface area contributed by atoms with Crippen molar-refractivity contribution in [3.8, 4) is 11.5 Å². The van der Waals surface area contributed by atoms with Crippen LogP contribution in [0.25, 0.3) is 22.4 Å². The Morgan fingerprint density at radius 2 is 2.11 bits per heavy atom. The number of aryl methyl sites for hydroxylation is 2. The van der Waals surface area contributed by atoms with E-state index in [1.165, 1.54) is 10.9 Å². The van der Waals surface area contributed by atoms with Crippen molar-refractivity contribution >= 4 is 11.0 Å². The fourth-order valence-corrected chi connectivity index (χ4v) is 1.86. The zero-order valence-electron chi connectivity index (χ0n) is 10.0. The van der Waals surface area contributed by atoms with Gasteiger partial charge in [-0.15, -0.1) is 0 Å². The van der Waals surface area contributed by atoms with E-state index in [4.69, 9.17) is 4.42 Å². The van der Waals surface area contributed by atoms with Gasteiger partial charge in [0.05, 0.1) is 11.6 Å². The van der Waals surface area contributed by atoms with Crippen LogP contribution < -0.4 is 5.43 Å². The van der Waals surface area contributed by atoms with Gasteiger partial charge in [-0.1, -0.05) is 11.6 Å². The average molecular weight is 241 g/mol. The first-order valence-corrected chi connectivity index (χ1v) is 5.55. The Labute approximate surface area is 103 Å². The van der Waals surface area contributed by atoms with E-state index in [0.717, 1.165) is 5.56 Å². The van der Waals surface area contributed by atoms with Crippen LogP contribution in [0.15, 0.2) is 39.7 Å². The molecule has 1 aromatic carbocycles. The van der Waals surface area contributed by atoms with Gasteiger partial charge in [-0.3, -0.25) is 4.79 Å². The maximum atomic E-state index is 12.0. The van der Waals surface area contributed by atoms with E-state index in [9.17, 15) is 4.79 Å². The van der Waals surface area contributed by atoms with Gasteiger partial charge in [-0.2, -0.15) is 15.0 Å². The normalized spacial score (nSPS) is 11.0. The number of nitrogens with zero attached hydrogens (tertiary/aromatic N) is 3. The SMILES string of the molecule is Cc1ccc2oc(-c3cnn(C)n3)cc(=O)c2c1. The van der Waals surface area contributed by atoms with E-state index in [-0.39, 0.29) is 5.43 Å². The summed E-state index contributed by atoms with van der Waals surface area (Å²) < 4.78 is 5.68. The number of hydrogen-bond donors (Lipinski definition) is 0. The molecule has 0 spiro atoms. The Hall–Kier alpha value is -2.43. The second-order valence-corrected chi connectivity index (χ2v) is 4.19. The highest BCUT2D eigenvalue weighted by Crippen LogP contribution is 2.20. The van der Waals surface area contributed by atoms with Crippen LogP contribution in [0.3, 0.4) is 0 Å². The minimum atomic E-state index is -0.0689. The van der Waals surface area contributed by atoms with Crippen LogP contribution in [0.2, 0.25) is 0 Å². The standard InChI is InChI=1S/C13H11N3O2/c1-8-3-4-12-9(5-8)11(17)6-13(18-12)10-7-14-16(2)15-10/h3-7H,1-2H3. The quantitative estimate of drug-likeness (QED) is 0.652. The first-order valence-electron chi connectivity index (χ1n) is 5.55. The summed E-state index contributed by atoms with van der Waals surface area (Å²) in [6.07, 6.45) is 1.57. The van der Waals surface area contributed by atoms with E-state index in [1.54, 1.807) is 19.3 Å². The van der Waals surface area contributed by atoms with Gasteiger partial charge in [-0.25, -0.2) is 0 Å². The topological polar surface area (TPSA) is 60.9 Å². The van der Waals surface area contributed by atoms with Gasteiger partial charge >= 0.3 is 0 Å². The van der Waals surface area contributed by atoms with Crippen LogP contribution in [-0.4, -0.2) is 15.0 Å². The van der Waals surface area contributed by atoms with Gasteiger partial charge in [0.15, 0.2) is 11.2 Å². The van der Waals surface area contributed by atoms with Crippen molar-refractivity contribution in [2.45, 2.75) is 6.92 Å². The first-order chi connectivity index (χ1) is 8.63. The van der Waals surface area contributed by atoms with Gasteiger partial charge in [0.1, 0.15) is 11.3 Å². The predicted molar refractivity (Wildman–Crippen MR) is 67.2 cm³/mol. The molecule has 0 bridgehead atoms. The van der Waals surface area contributed by atoms with Gasteiger partial charge in [0.25, 0.3) is 0 Å². The highest BCUT2D eigenvalue weighted by molar-refractivity contribution is 5.78. The molecule has 0 radical (unpaired) electrons. The molecule has 0 unspecified atom stereocenters. The van der Waals surface area contributed by atoms with Crippen molar-refractivity contribution in [3.63, 3.8) is 0 Å². The lowest BCUT2D eigenvalue weighted by Crippen LogP contribution is -2.01. The van der Waals surface area contributed by atoms with Crippen LogP contribution in [0.4, 0.5) is 0 Å². The van der Waals surface area contributed by atoms with E-state index in [1.807, 2.05) is 19.1 Å². The molecule has 0 aliphatic carbocycles. The summed E-state index contributed by atoms with van der Waals surface area (Å²) >= 11 is 0. The first kappa shape index (κ1) is 10.7. The number of fused-ring (bicyclic) bond motifs is 1. The minimum Gasteiger partial charge on any atom is -0.454 e. The molecule has 0 aliphatic rings. The molecule has 0 atom stereocenters. The summed E-state index contributed by atoms with van der Waals surface area (Å²) in [7, 11) is 1.71. The van der Waals surface area contributed by atoms with Gasteiger partial charge in [0.2, 0.25) is 0 Å². The molecule has 0 saturated carbocycles. The Kier molecular flexibility index (Phi) is 2.26. The molecular weight excluding hydrogens is 230 g/mol. The van der Waals surface area contributed by atoms with Crippen molar-refractivity contribution in [2.75, 3.05) is 0 Å². The van der Waals surface area contributed by atoms with Crippen LogP contribution in [0, 0.1) is 6.92 Å². The minimum absolute atomic E-state index is 0.0689. The lowest BCUT2D eigenvalue weighted by molar-refractivity contribution is 0.608. The number of hydrogen-bond acceptors (Lipinski definition) is 4. The predicted octanol–water partition coefficient (Wildman–Crippen LogP) is 1.90. The molecule has 5 nitrogen and oxygen atoms in total. The second-order valence-electron chi connectivity index (χ2n) is 4.19. The average Bonchev–Trinajstić information content (AvgIpc) is 2.77. The smallest absolute Gasteiger partial charge is 0.193 e. The number of benzene rings is 1. The van der Waals surface area contributed by atoms with Crippen LogP contribution >= 0.6 is 0 Å². The molecule has 0 amide bonds. The van der Waals surface area contributed by atoms with Crippen LogP contribution in [0.5, 0.6) is 0 Å². The highest BCUT2D eigenvalue weighted by atomic mass is 16.3. The molecule has 0 saturated heterocycles. The molecule has 3 rings (SSSR count). The number of rotatable bonds is 1. The zero-order valence-corrected chi connectivity index (χ0v) is 10.0. The van der Waals surface area contributed by atoms with Crippen molar-refractivity contribution in [2.24, 2.45) is 7.05 Å². The molecule has 0 N–H and O–H groups in total. The third-order valence-corrected chi connectivity index (χ3v) is 2.73. The van der Waals surface area contributed by atoms with E-state index in [2.05, 4.69) is 10.2 Å². The summed E-state index contributed by atoms with van der Waals surface area (Å²) in [6, 6.07) is 6.98. The van der Waals surface area contributed by atoms with Crippen molar-refractivity contribution < 1.29 is 4.42 Å². The molecule has 5 heteroatoms. The third-order valence-electron chi connectivity index (χ3n) is 2.73. The molecule has 0 fully saturated rings. The van der Waals surface area contributed by atoms with Crippen LogP contribution in [-0.2, 0) is 7.05 Å². The van der Waals surface area contributed by atoms with Crippen LogP contribution in [0.1, 0.15) is 5.56 Å². The molecule has 18 heavy (non-hydrogen) atoms. The van der Waals surface area contributed by atoms with E-state index < -0.39 is 0 Å². The maximum Gasteiger partial charge on any atom is 0.193 e. The summed E-state index contributed by atoms with van der Waals surface area (Å²) in [5.41, 5.74) is 2.08. The maximum absolute atomic E-state index is 12.0. The highest BCUT2D eigenvalue weighted by Gasteiger charge is 2.09. The second kappa shape index (κ2) is 3.80. The Morgan fingerprint density at radius 3 is 2.83 bits per heavy atom. The van der Waals surface area contributed by atoms with Crippen molar-refractivity contribution in [1.82, 2.24) is 15.0 Å². The van der Waals surface area contributed by atoms with E-state index in [0.29, 0.717) is 22.4 Å². The lowest BCUT2D eigenvalue weighted by Gasteiger charge is -2.00. The van der Waals surface area contributed by atoms with Gasteiger partial charge in [-0.05, 0) is 19.1 Å². The number of aromatic nitrogens is 3. The monoisotopic (exact) mass is 241 g/mol. The Morgan fingerprint density at radius 1 is 1.28 bits per heavy atom. The molecule has 2 heterocycles.